The summed E-state index contributed by atoms with van der Waals surface area (Å²) < 4.78 is 16.4. The average molecular weight is 243 g/mol. The Balaban J connectivity index is 1.77. The lowest BCUT2D eigenvalue weighted by Crippen LogP contribution is -2.40. The molecule has 2 aliphatic rings. The second-order valence-electron chi connectivity index (χ2n) is 5.30. The third kappa shape index (κ3) is 3.19. The lowest BCUT2D eigenvalue weighted by atomic mass is 9.76. The quantitative estimate of drug-likeness (QED) is 0.651. The highest BCUT2D eigenvalue weighted by molar-refractivity contribution is 4.99. The van der Waals surface area contributed by atoms with Crippen molar-refractivity contribution >= 4 is 0 Å². The Hall–Kier alpha value is -0.160. The molecule has 2 atom stereocenters. The molecule has 0 bridgehead atoms. The fourth-order valence-corrected chi connectivity index (χ4v) is 2.85. The number of hydrogen-bond acceptors (Lipinski definition) is 4. The Kier molecular flexibility index (Phi) is 4.79. The van der Waals surface area contributed by atoms with Crippen LogP contribution in [0.2, 0.25) is 0 Å². The van der Waals surface area contributed by atoms with Gasteiger partial charge >= 0.3 is 0 Å². The van der Waals surface area contributed by atoms with Crippen LogP contribution in [0.25, 0.3) is 0 Å². The lowest BCUT2D eigenvalue weighted by Gasteiger charge is -2.33. The maximum absolute atomic E-state index is 6.01. The van der Waals surface area contributed by atoms with Crippen molar-refractivity contribution in [1.82, 2.24) is 0 Å². The van der Waals surface area contributed by atoms with E-state index < -0.39 is 0 Å². The van der Waals surface area contributed by atoms with Crippen LogP contribution >= 0.6 is 0 Å². The van der Waals surface area contributed by atoms with Crippen LogP contribution in [-0.4, -0.2) is 46.2 Å². The summed E-state index contributed by atoms with van der Waals surface area (Å²) in [7, 11) is 1.69. The zero-order valence-corrected chi connectivity index (χ0v) is 10.8. The molecule has 0 spiro atoms. The van der Waals surface area contributed by atoms with Gasteiger partial charge in [-0.1, -0.05) is 0 Å². The third-order valence-corrected chi connectivity index (χ3v) is 4.13. The summed E-state index contributed by atoms with van der Waals surface area (Å²) >= 11 is 0. The van der Waals surface area contributed by atoms with Gasteiger partial charge in [0.2, 0.25) is 0 Å². The van der Waals surface area contributed by atoms with Gasteiger partial charge in [0.15, 0.2) is 0 Å². The molecule has 1 saturated carbocycles. The first-order chi connectivity index (χ1) is 8.32. The van der Waals surface area contributed by atoms with Crippen LogP contribution in [-0.2, 0) is 14.2 Å². The molecule has 4 nitrogen and oxygen atoms in total. The lowest BCUT2D eigenvalue weighted by molar-refractivity contribution is 0.00544. The van der Waals surface area contributed by atoms with Gasteiger partial charge in [0, 0.05) is 32.3 Å². The van der Waals surface area contributed by atoms with Gasteiger partial charge in [0.05, 0.1) is 19.3 Å². The molecular weight excluding hydrogens is 218 g/mol. The first-order valence-electron chi connectivity index (χ1n) is 6.71. The molecule has 1 saturated heterocycles. The van der Waals surface area contributed by atoms with E-state index in [1.165, 1.54) is 12.8 Å². The summed E-state index contributed by atoms with van der Waals surface area (Å²) in [6.45, 7) is 3.70. The van der Waals surface area contributed by atoms with Crippen molar-refractivity contribution in [2.24, 2.45) is 17.1 Å². The number of nitrogens with two attached hydrogens (primary N) is 1. The van der Waals surface area contributed by atoms with Crippen molar-refractivity contribution in [1.29, 1.82) is 0 Å². The molecule has 2 rings (SSSR count). The smallest absolute Gasteiger partial charge is 0.0700 e. The van der Waals surface area contributed by atoms with E-state index >= 15 is 0 Å². The van der Waals surface area contributed by atoms with Gasteiger partial charge in [-0.3, -0.25) is 0 Å². The highest BCUT2D eigenvalue weighted by Gasteiger charge is 2.49. The van der Waals surface area contributed by atoms with Crippen molar-refractivity contribution < 1.29 is 14.2 Å². The van der Waals surface area contributed by atoms with Crippen LogP contribution in [0.1, 0.15) is 25.7 Å². The monoisotopic (exact) mass is 243 g/mol. The summed E-state index contributed by atoms with van der Waals surface area (Å²) in [6, 6.07) is 0. The molecule has 1 aliphatic carbocycles. The van der Waals surface area contributed by atoms with Crippen molar-refractivity contribution in [3.63, 3.8) is 0 Å². The molecule has 1 aliphatic heterocycles. The van der Waals surface area contributed by atoms with E-state index in [2.05, 4.69) is 0 Å². The van der Waals surface area contributed by atoms with E-state index in [-0.39, 0.29) is 5.41 Å². The first kappa shape index (κ1) is 13.3. The first-order valence-corrected chi connectivity index (χ1v) is 6.71. The molecule has 0 aromatic rings. The van der Waals surface area contributed by atoms with Crippen LogP contribution in [0.15, 0.2) is 0 Å². The highest BCUT2D eigenvalue weighted by Crippen LogP contribution is 2.49. The minimum atomic E-state index is 0.175. The van der Waals surface area contributed by atoms with Crippen molar-refractivity contribution in [2.45, 2.75) is 31.8 Å². The molecule has 17 heavy (non-hydrogen) atoms. The normalized spacial score (nSPS) is 33.2. The van der Waals surface area contributed by atoms with E-state index in [4.69, 9.17) is 19.9 Å². The zero-order valence-electron chi connectivity index (χ0n) is 10.8. The van der Waals surface area contributed by atoms with Crippen molar-refractivity contribution in [3.8, 4) is 0 Å². The Morgan fingerprint density at radius 1 is 1.29 bits per heavy atom. The number of rotatable bonds is 8. The summed E-state index contributed by atoms with van der Waals surface area (Å²) in [5, 5.41) is 0. The van der Waals surface area contributed by atoms with Gasteiger partial charge in [-0.25, -0.2) is 0 Å². The molecule has 0 radical (unpaired) electrons. The van der Waals surface area contributed by atoms with Crippen LogP contribution in [0.4, 0.5) is 0 Å². The van der Waals surface area contributed by atoms with Crippen LogP contribution < -0.4 is 5.73 Å². The Morgan fingerprint density at radius 3 is 2.76 bits per heavy atom. The van der Waals surface area contributed by atoms with Crippen LogP contribution in [0.5, 0.6) is 0 Å². The predicted molar refractivity (Wildman–Crippen MR) is 65.9 cm³/mol. The third-order valence-electron chi connectivity index (χ3n) is 4.13. The van der Waals surface area contributed by atoms with E-state index in [0.717, 1.165) is 38.5 Å². The molecule has 2 N–H and O–H groups in total. The Labute approximate surface area is 104 Å². The van der Waals surface area contributed by atoms with Crippen molar-refractivity contribution in [2.75, 3.05) is 40.1 Å². The molecule has 4 heteroatoms. The van der Waals surface area contributed by atoms with Crippen LogP contribution in [0.3, 0.4) is 0 Å². The van der Waals surface area contributed by atoms with E-state index in [9.17, 15) is 0 Å². The van der Waals surface area contributed by atoms with E-state index in [1.54, 1.807) is 7.11 Å². The van der Waals surface area contributed by atoms with Gasteiger partial charge in [0.25, 0.3) is 0 Å². The topological polar surface area (TPSA) is 53.7 Å². The highest BCUT2D eigenvalue weighted by atomic mass is 16.5. The SMILES string of the molecule is COCCOCCC1(CN)CCOC1C1CC1. The maximum Gasteiger partial charge on any atom is 0.0700 e. The van der Waals surface area contributed by atoms with Gasteiger partial charge < -0.3 is 19.9 Å². The standard InChI is InChI=1S/C13H25NO3/c1-15-8-9-16-6-4-13(10-14)5-7-17-12(13)11-2-3-11/h11-12H,2-10,14H2,1H3. The minimum absolute atomic E-state index is 0.175. The fraction of sp³-hybridized carbons (Fsp3) is 1.00. The van der Waals surface area contributed by atoms with Crippen LogP contribution in [0, 0.1) is 11.3 Å². The minimum Gasteiger partial charge on any atom is -0.382 e. The van der Waals surface area contributed by atoms with E-state index in [1.807, 2.05) is 0 Å². The Morgan fingerprint density at radius 2 is 2.12 bits per heavy atom. The molecule has 0 aromatic heterocycles. The number of ether oxygens (including phenoxy) is 3. The number of methoxy groups -OCH3 is 1. The zero-order chi connectivity index (χ0) is 12.1. The molecule has 2 fully saturated rings. The fourth-order valence-electron chi connectivity index (χ4n) is 2.85. The predicted octanol–water partition coefficient (Wildman–Crippen LogP) is 1.18. The second-order valence-corrected chi connectivity index (χ2v) is 5.30. The second kappa shape index (κ2) is 6.14. The average Bonchev–Trinajstić information content (AvgIpc) is 3.10. The maximum atomic E-state index is 6.01. The largest absolute Gasteiger partial charge is 0.382 e. The molecule has 0 amide bonds. The van der Waals surface area contributed by atoms with Gasteiger partial charge in [-0.2, -0.15) is 0 Å². The summed E-state index contributed by atoms with van der Waals surface area (Å²) in [6.07, 6.45) is 5.14. The molecule has 0 aromatic carbocycles. The number of hydrogen-bond donors (Lipinski definition) is 1. The molecular formula is C13H25NO3. The molecule has 1 heterocycles. The molecule has 100 valence electrons. The summed E-state index contributed by atoms with van der Waals surface area (Å²) in [5.74, 6) is 0.764. The van der Waals surface area contributed by atoms with Gasteiger partial charge in [-0.05, 0) is 31.6 Å². The molecule has 2 unspecified atom stereocenters. The summed E-state index contributed by atoms with van der Waals surface area (Å²) in [5.41, 5.74) is 6.18. The summed E-state index contributed by atoms with van der Waals surface area (Å²) in [4.78, 5) is 0. The Bertz CT molecular complexity index is 233. The van der Waals surface area contributed by atoms with Gasteiger partial charge in [-0.15, -0.1) is 0 Å². The van der Waals surface area contributed by atoms with E-state index in [0.29, 0.717) is 19.3 Å². The van der Waals surface area contributed by atoms with Gasteiger partial charge in [0.1, 0.15) is 0 Å². The van der Waals surface area contributed by atoms with Crippen molar-refractivity contribution in [3.05, 3.63) is 0 Å².